The van der Waals surface area contributed by atoms with Gasteiger partial charge in [0.25, 0.3) is 17.6 Å². The first-order chi connectivity index (χ1) is 20.0. The number of hydrogen-bond donors (Lipinski definition) is 2. The van der Waals surface area contributed by atoms with Crippen LogP contribution in [0.4, 0.5) is 18.0 Å². The average Bonchev–Trinajstić information content (AvgIpc) is 3.53. The van der Waals surface area contributed by atoms with Crippen molar-refractivity contribution in [3.8, 4) is 17.1 Å². The summed E-state index contributed by atoms with van der Waals surface area (Å²) < 4.78 is 46.0. The van der Waals surface area contributed by atoms with Gasteiger partial charge in [-0.3, -0.25) is 15.0 Å². The number of carbonyl (C=O) groups is 4. The Labute approximate surface area is 235 Å². The molecule has 1 atom stereocenters. The van der Waals surface area contributed by atoms with E-state index in [1.54, 1.807) is 60.7 Å². The molecule has 0 spiro atoms. The van der Waals surface area contributed by atoms with Crippen LogP contribution in [0.15, 0.2) is 84.9 Å². The Hall–Kier alpha value is -5.53. The van der Waals surface area contributed by atoms with E-state index in [4.69, 9.17) is 4.74 Å². The molecule has 4 aromatic rings. The highest BCUT2D eigenvalue weighted by Gasteiger charge is 2.50. The van der Waals surface area contributed by atoms with Gasteiger partial charge in [0, 0.05) is 5.56 Å². The smallest absolute Gasteiger partial charge is 0.416 e. The van der Waals surface area contributed by atoms with E-state index in [0.29, 0.717) is 16.1 Å². The van der Waals surface area contributed by atoms with Gasteiger partial charge in [0.1, 0.15) is 5.54 Å². The lowest BCUT2D eigenvalue weighted by atomic mass is 9.92. The number of rotatable bonds is 7. The number of ether oxygens (including phenoxy) is 1. The van der Waals surface area contributed by atoms with Gasteiger partial charge in [-0.15, -0.1) is 5.10 Å². The first-order valence-corrected chi connectivity index (χ1v) is 12.4. The normalized spacial score (nSPS) is 16.7. The van der Waals surface area contributed by atoms with Gasteiger partial charge in [0.05, 0.1) is 11.3 Å². The predicted molar refractivity (Wildman–Crippen MR) is 139 cm³/mol. The van der Waals surface area contributed by atoms with Crippen LogP contribution in [-0.2, 0) is 26.0 Å². The number of esters is 1. The average molecular weight is 579 g/mol. The van der Waals surface area contributed by atoms with Crippen molar-refractivity contribution in [2.45, 2.75) is 18.6 Å². The Morgan fingerprint density at radius 1 is 0.976 bits per heavy atom. The molecule has 11 nitrogen and oxygen atoms in total. The molecule has 1 aliphatic rings. The molecule has 1 saturated heterocycles. The molecular formula is C28H21F3N6O5. The molecule has 14 heteroatoms. The number of benzene rings is 3. The molecule has 0 unspecified atom stereocenters. The molecule has 3 aromatic carbocycles. The third-order valence-corrected chi connectivity index (χ3v) is 6.35. The number of halogens is 3. The molecule has 1 aliphatic heterocycles. The summed E-state index contributed by atoms with van der Waals surface area (Å²) in [5, 5.41) is 7.04. The van der Waals surface area contributed by atoms with Crippen molar-refractivity contribution < 1.29 is 37.1 Å². The fourth-order valence-electron chi connectivity index (χ4n) is 4.23. The molecule has 0 aliphatic carbocycles. The second-order valence-electron chi connectivity index (χ2n) is 9.26. The quantitative estimate of drug-likeness (QED) is 0.253. The molecular weight excluding hydrogens is 557 g/mol. The van der Waals surface area contributed by atoms with Gasteiger partial charge in [0.2, 0.25) is 0 Å². The summed E-state index contributed by atoms with van der Waals surface area (Å²) in [5.41, 5.74) is 0.649. The molecule has 214 valence electrons. The van der Waals surface area contributed by atoms with E-state index in [0.717, 1.165) is 16.8 Å². The maximum absolute atomic E-state index is 13.3. The summed E-state index contributed by atoms with van der Waals surface area (Å²) in [4.78, 5) is 54.8. The van der Waals surface area contributed by atoms with E-state index < -0.39 is 53.5 Å². The largest absolute Gasteiger partial charge is 0.450 e. The van der Waals surface area contributed by atoms with Crippen LogP contribution in [0.3, 0.4) is 0 Å². The zero-order valence-electron chi connectivity index (χ0n) is 21.8. The molecule has 0 radical (unpaired) electrons. The van der Waals surface area contributed by atoms with Crippen molar-refractivity contribution in [2.75, 3.05) is 6.61 Å². The van der Waals surface area contributed by atoms with E-state index in [1.165, 1.54) is 19.1 Å². The highest BCUT2D eigenvalue weighted by atomic mass is 19.4. The maximum atomic E-state index is 13.3. The van der Waals surface area contributed by atoms with Crippen LogP contribution < -0.4 is 10.7 Å². The standard InChI is InChI=1S/C28H21F3N6O5/c1-27(18-11-6-3-7-12-18)25(40)37(26(41)33-27)34-21(38)16-42-24(39)22-32-23(17-9-4-2-5-10-17)36(35-22)20-14-8-13-19(15-20)28(29,30)31/h2-15H,16H2,1H3,(H,33,41)(H,34,38)/t27-/m1/s1. The van der Waals surface area contributed by atoms with Crippen molar-refractivity contribution >= 4 is 23.8 Å². The highest BCUT2D eigenvalue weighted by molar-refractivity contribution is 6.08. The van der Waals surface area contributed by atoms with Gasteiger partial charge in [-0.1, -0.05) is 66.7 Å². The Kier molecular flexibility index (Phi) is 7.20. The van der Waals surface area contributed by atoms with Crippen molar-refractivity contribution in [2.24, 2.45) is 0 Å². The zero-order valence-corrected chi connectivity index (χ0v) is 21.8. The summed E-state index contributed by atoms with van der Waals surface area (Å²) in [7, 11) is 0. The summed E-state index contributed by atoms with van der Waals surface area (Å²) in [6.07, 6.45) is -4.62. The Bertz CT molecular complexity index is 1680. The van der Waals surface area contributed by atoms with E-state index in [2.05, 4.69) is 20.8 Å². The van der Waals surface area contributed by atoms with E-state index in [-0.39, 0.29) is 11.5 Å². The molecule has 1 fully saturated rings. The van der Waals surface area contributed by atoms with Crippen LogP contribution in [0.25, 0.3) is 17.1 Å². The number of carbonyl (C=O) groups excluding carboxylic acids is 4. The van der Waals surface area contributed by atoms with E-state index in [1.807, 2.05) is 0 Å². The van der Waals surface area contributed by atoms with E-state index in [9.17, 15) is 32.3 Å². The van der Waals surface area contributed by atoms with E-state index >= 15 is 0 Å². The van der Waals surface area contributed by atoms with Gasteiger partial charge < -0.3 is 10.1 Å². The van der Waals surface area contributed by atoms with Crippen molar-refractivity contribution in [3.63, 3.8) is 0 Å². The number of nitrogens with zero attached hydrogens (tertiary/aromatic N) is 4. The summed E-state index contributed by atoms with van der Waals surface area (Å²) in [5.74, 6) is -3.42. The minimum Gasteiger partial charge on any atom is -0.450 e. The van der Waals surface area contributed by atoms with Gasteiger partial charge in [-0.25, -0.2) is 19.3 Å². The number of amides is 4. The second-order valence-corrected chi connectivity index (χ2v) is 9.26. The Morgan fingerprint density at radius 2 is 1.64 bits per heavy atom. The summed E-state index contributed by atoms with van der Waals surface area (Å²) in [6, 6.07) is 20.1. The molecule has 1 aromatic heterocycles. The Morgan fingerprint density at radius 3 is 2.31 bits per heavy atom. The van der Waals surface area contributed by atoms with Gasteiger partial charge >= 0.3 is 18.2 Å². The number of aromatic nitrogens is 3. The molecule has 2 N–H and O–H groups in total. The number of imide groups is 1. The van der Waals surface area contributed by atoms with Crippen molar-refractivity contribution in [3.05, 3.63) is 102 Å². The highest BCUT2D eigenvalue weighted by Crippen LogP contribution is 2.31. The molecule has 0 saturated carbocycles. The fraction of sp³-hybridized carbons (Fsp3) is 0.143. The van der Waals surface area contributed by atoms with Crippen LogP contribution in [-0.4, -0.2) is 50.2 Å². The van der Waals surface area contributed by atoms with Crippen LogP contribution >= 0.6 is 0 Å². The Balaban J connectivity index is 1.32. The number of alkyl halides is 3. The zero-order chi connectivity index (χ0) is 30.1. The maximum Gasteiger partial charge on any atom is 0.416 e. The topological polar surface area (TPSA) is 136 Å². The summed E-state index contributed by atoms with van der Waals surface area (Å²) in [6.45, 7) is 0.558. The van der Waals surface area contributed by atoms with Crippen LogP contribution in [0.2, 0.25) is 0 Å². The lowest BCUT2D eigenvalue weighted by molar-refractivity contribution is -0.140. The van der Waals surface area contributed by atoms with Crippen LogP contribution in [0, 0.1) is 0 Å². The number of hydrogen-bond acceptors (Lipinski definition) is 7. The third-order valence-electron chi connectivity index (χ3n) is 6.35. The molecule has 4 amide bonds. The first-order valence-electron chi connectivity index (χ1n) is 12.4. The van der Waals surface area contributed by atoms with Crippen molar-refractivity contribution in [1.82, 2.24) is 30.5 Å². The number of urea groups is 1. The molecule has 5 rings (SSSR count). The lowest BCUT2D eigenvalue weighted by Gasteiger charge is -2.22. The fourth-order valence-corrected chi connectivity index (χ4v) is 4.23. The van der Waals surface area contributed by atoms with Gasteiger partial charge in [0.15, 0.2) is 12.4 Å². The molecule has 0 bridgehead atoms. The minimum atomic E-state index is -4.62. The molecule has 42 heavy (non-hydrogen) atoms. The second kappa shape index (κ2) is 10.8. The number of nitrogens with one attached hydrogen (secondary N) is 2. The van der Waals surface area contributed by atoms with Crippen LogP contribution in [0.5, 0.6) is 0 Å². The van der Waals surface area contributed by atoms with Crippen molar-refractivity contribution in [1.29, 1.82) is 0 Å². The first kappa shape index (κ1) is 28.0. The third kappa shape index (κ3) is 5.41. The SMILES string of the molecule is C[C@]1(c2ccccc2)NC(=O)N(NC(=O)COC(=O)c2nc(-c3ccccc3)n(-c3cccc(C(F)(F)F)c3)n2)C1=O. The molecule has 2 heterocycles. The predicted octanol–water partition coefficient (Wildman–Crippen LogP) is 3.61. The number of hydrazine groups is 1. The monoisotopic (exact) mass is 578 g/mol. The van der Waals surface area contributed by atoms with Gasteiger partial charge in [-0.05, 0) is 30.7 Å². The summed E-state index contributed by atoms with van der Waals surface area (Å²) >= 11 is 0. The lowest BCUT2D eigenvalue weighted by Crippen LogP contribution is -2.49. The van der Waals surface area contributed by atoms with Gasteiger partial charge in [-0.2, -0.15) is 18.2 Å². The van der Waals surface area contributed by atoms with Crippen LogP contribution in [0.1, 0.15) is 28.7 Å². The minimum absolute atomic E-state index is 0.0204.